The third kappa shape index (κ3) is 5.20. The number of benzene rings is 1. The van der Waals surface area contributed by atoms with E-state index in [1.807, 2.05) is 4.57 Å². The molecule has 0 bridgehead atoms. The number of nitrogens with one attached hydrogen (secondary N) is 2. The first kappa shape index (κ1) is 25.0. The number of carbonyl (C=O) groups is 1. The highest BCUT2D eigenvalue weighted by atomic mass is 35.5. The molecule has 8 nitrogen and oxygen atoms in total. The van der Waals surface area contributed by atoms with Crippen molar-refractivity contribution in [2.24, 2.45) is 11.7 Å². The van der Waals surface area contributed by atoms with E-state index in [0.29, 0.717) is 77.3 Å². The Kier molecular flexibility index (Phi) is 6.91. The quantitative estimate of drug-likeness (QED) is 0.351. The molecule has 5 rings (SSSR count). The van der Waals surface area contributed by atoms with Crippen LogP contribution in [0.5, 0.6) is 0 Å². The molecule has 2 heterocycles. The van der Waals surface area contributed by atoms with E-state index in [2.05, 4.69) is 15.6 Å². The van der Waals surface area contributed by atoms with Gasteiger partial charge in [-0.15, -0.1) is 0 Å². The van der Waals surface area contributed by atoms with Gasteiger partial charge in [-0.3, -0.25) is 9.36 Å². The molecule has 1 aromatic carbocycles. The van der Waals surface area contributed by atoms with Crippen molar-refractivity contribution in [2.45, 2.75) is 69.4 Å². The van der Waals surface area contributed by atoms with Crippen LogP contribution in [-0.4, -0.2) is 37.4 Å². The van der Waals surface area contributed by atoms with Gasteiger partial charge in [-0.2, -0.15) is 4.98 Å². The number of nitrogens with two attached hydrogens (primary N) is 1. The maximum atomic E-state index is 13.6. The Morgan fingerprint density at radius 2 is 1.72 bits per heavy atom. The number of hydrogen-bond donors (Lipinski definition) is 3. The molecule has 4 N–H and O–H groups in total. The lowest BCUT2D eigenvalue weighted by Gasteiger charge is -2.29. The highest BCUT2D eigenvalue weighted by Gasteiger charge is 2.35. The van der Waals surface area contributed by atoms with E-state index in [1.165, 1.54) is 0 Å². The topological polar surface area (TPSA) is 111 Å². The number of halogens is 4. The lowest BCUT2D eigenvalue weighted by atomic mass is 9.85. The van der Waals surface area contributed by atoms with Crippen LogP contribution < -0.4 is 16.4 Å². The Morgan fingerprint density at radius 1 is 1.06 bits per heavy atom. The summed E-state index contributed by atoms with van der Waals surface area (Å²) in [6.07, 6.45) is 4.78. The second-order valence-corrected chi connectivity index (χ2v) is 10.4. The average Bonchev–Trinajstić information content (AvgIpc) is 3.20. The Balaban J connectivity index is 1.48. The SMILES string of the molecule is NC(=O)[C@H]1CC[C@@H](n2c(Nc3c(Cl)cccc3Cl)nc3cnc(NC4CCC(F)(F)CC4)nc32)CC1. The minimum Gasteiger partial charge on any atom is -0.369 e. The number of para-hydroxylation sites is 1. The Labute approximate surface area is 217 Å². The number of nitrogens with zero attached hydrogens (tertiary/aromatic N) is 4. The summed E-state index contributed by atoms with van der Waals surface area (Å²) in [4.78, 5) is 25.5. The molecule has 0 spiro atoms. The zero-order chi connectivity index (χ0) is 25.4. The summed E-state index contributed by atoms with van der Waals surface area (Å²) in [6.45, 7) is 0. The third-order valence-electron chi connectivity index (χ3n) is 7.15. The van der Waals surface area contributed by atoms with Gasteiger partial charge in [-0.05, 0) is 50.7 Å². The second-order valence-electron chi connectivity index (χ2n) is 9.61. The van der Waals surface area contributed by atoms with E-state index in [-0.39, 0.29) is 36.8 Å². The molecule has 2 saturated carbocycles. The molecule has 2 aliphatic rings. The van der Waals surface area contributed by atoms with Gasteiger partial charge in [-0.1, -0.05) is 29.3 Å². The molecule has 2 fully saturated rings. The Hall–Kier alpha value is -2.72. The van der Waals surface area contributed by atoms with E-state index in [0.717, 1.165) is 0 Å². The van der Waals surface area contributed by atoms with Gasteiger partial charge in [0.1, 0.15) is 5.52 Å². The minimum absolute atomic E-state index is 0.00508. The smallest absolute Gasteiger partial charge is 0.248 e. The predicted molar refractivity (Wildman–Crippen MR) is 136 cm³/mol. The highest BCUT2D eigenvalue weighted by Crippen LogP contribution is 2.39. The fourth-order valence-corrected chi connectivity index (χ4v) is 5.60. The summed E-state index contributed by atoms with van der Waals surface area (Å²) < 4.78 is 29.1. The van der Waals surface area contributed by atoms with Gasteiger partial charge in [-0.25, -0.2) is 18.7 Å². The zero-order valence-corrected chi connectivity index (χ0v) is 21.0. The molecule has 1 amide bonds. The van der Waals surface area contributed by atoms with Gasteiger partial charge in [0.25, 0.3) is 0 Å². The first-order chi connectivity index (χ1) is 17.2. The minimum atomic E-state index is -2.61. The van der Waals surface area contributed by atoms with Crippen molar-refractivity contribution in [2.75, 3.05) is 10.6 Å². The summed E-state index contributed by atoms with van der Waals surface area (Å²) in [5, 5.41) is 7.37. The molecule has 12 heteroatoms. The van der Waals surface area contributed by atoms with Crippen LogP contribution in [-0.2, 0) is 4.79 Å². The molecular formula is C24H27Cl2F2N7O. The van der Waals surface area contributed by atoms with Crippen molar-refractivity contribution < 1.29 is 13.6 Å². The molecular weight excluding hydrogens is 511 g/mol. The van der Waals surface area contributed by atoms with Crippen LogP contribution in [0.15, 0.2) is 24.4 Å². The first-order valence-electron chi connectivity index (χ1n) is 12.1. The maximum Gasteiger partial charge on any atom is 0.248 e. The second kappa shape index (κ2) is 9.97. The van der Waals surface area contributed by atoms with Crippen LogP contribution in [0.1, 0.15) is 57.4 Å². The molecule has 0 atom stereocenters. The van der Waals surface area contributed by atoms with E-state index in [9.17, 15) is 13.6 Å². The van der Waals surface area contributed by atoms with Crippen LogP contribution in [0, 0.1) is 5.92 Å². The molecule has 3 aromatic rings. The van der Waals surface area contributed by atoms with Crippen molar-refractivity contribution in [1.82, 2.24) is 19.5 Å². The molecule has 36 heavy (non-hydrogen) atoms. The summed E-state index contributed by atoms with van der Waals surface area (Å²) in [5.74, 6) is -2.16. The summed E-state index contributed by atoms with van der Waals surface area (Å²) in [5.41, 5.74) is 7.23. The van der Waals surface area contributed by atoms with Gasteiger partial charge in [0, 0.05) is 30.8 Å². The van der Waals surface area contributed by atoms with E-state index >= 15 is 0 Å². The van der Waals surface area contributed by atoms with Crippen molar-refractivity contribution in [3.05, 3.63) is 34.4 Å². The number of aromatic nitrogens is 4. The molecule has 0 aliphatic heterocycles. The monoisotopic (exact) mass is 537 g/mol. The maximum absolute atomic E-state index is 13.6. The van der Waals surface area contributed by atoms with Gasteiger partial charge >= 0.3 is 0 Å². The molecule has 2 aliphatic carbocycles. The van der Waals surface area contributed by atoms with E-state index in [1.54, 1.807) is 24.4 Å². The van der Waals surface area contributed by atoms with Crippen LogP contribution >= 0.6 is 23.2 Å². The zero-order valence-electron chi connectivity index (χ0n) is 19.5. The van der Waals surface area contributed by atoms with Crippen LogP contribution in [0.25, 0.3) is 11.2 Å². The Morgan fingerprint density at radius 3 is 2.36 bits per heavy atom. The van der Waals surface area contributed by atoms with Gasteiger partial charge in [0.05, 0.1) is 21.9 Å². The van der Waals surface area contributed by atoms with Crippen molar-refractivity contribution >= 4 is 57.9 Å². The van der Waals surface area contributed by atoms with Gasteiger partial charge < -0.3 is 16.4 Å². The number of fused-ring (bicyclic) bond motifs is 1. The van der Waals surface area contributed by atoms with Crippen LogP contribution in [0.4, 0.5) is 26.4 Å². The van der Waals surface area contributed by atoms with Gasteiger partial charge in [0.15, 0.2) is 5.65 Å². The fourth-order valence-electron chi connectivity index (χ4n) is 5.11. The first-order valence-corrected chi connectivity index (χ1v) is 12.9. The molecule has 192 valence electrons. The number of alkyl halides is 2. The normalized spacial score (nSPS) is 22.4. The lowest BCUT2D eigenvalue weighted by molar-refractivity contribution is -0.122. The average molecular weight is 538 g/mol. The van der Waals surface area contributed by atoms with E-state index < -0.39 is 5.92 Å². The molecule has 2 aromatic heterocycles. The number of anilines is 3. The predicted octanol–water partition coefficient (Wildman–Crippen LogP) is 6.08. The summed E-state index contributed by atoms with van der Waals surface area (Å²) >= 11 is 12.8. The summed E-state index contributed by atoms with van der Waals surface area (Å²) in [7, 11) is 0. The summed E-state index contributed by atoms with van der Waals surface area (Å²) in [6, 6.07) is 5.11. The van der Waals surface area contributed by atoms with Crippen molar-refractivity contribution in [3.8, 4) is 0 Å². The van der Waals surface area contributed by atoms with Crippen LogP contribution in [0.3, 0.4) is 0 Å². The van der Waals surface area contributed by atoms with E-state index in [4.69, 9.17) is 38.9 Å². The van der Waals surface area contributed by atoms with Crippen molar-refractivity contribution in [1.29, 1.82) is 0 Å². The highest BCUT2D eigenvalue weighted by molar-refractivity contribution is 6.39. The lowest BCUT2D eigenvalue weighted by Crippen LogP contribution is -2.32. The number of rotatable bonds is 6. The molecule has 0 saturated heterocycles. The number of amides is 1. The molecule has 0 radical (unpaired) electrons. The number of imidazole rings is 1. The Bertz CT molecular complexity index is 1250. The molecule has 0 unspecified atom stereocenters. The number of hydrogen-bond acceptors (Lipinski definition) is 6. The van der Waals surface area contributed by atoms with Crippen molar-refractivity contribution in [3.63, 3.8) is 0 Å². The standard InChI is InChI=1S/C24H27Cl2F2N7O/c25-16-2-1-3-17(26)19(16)33-23-32-18-12-30-22(31-14-8-10-24(27,28)11-9-14)34-21(18)35(23)15-6-4-13(5-7-15)20(29)36/h1-3,12-15H,4-11H2,(H2,29,36)(H,32,33)(H,30,31,34)/t13-,15+. The number of primary amides is 1. The third-order valence-corrected chi connectivity index (χ3v) is 7.78. The van der Waals surface area contributed by atoms with Gasteiger partial charge in [0.2, 0.25) is 23.7 Å². The fraction of sp³-hybridized carbons (Fsp3) is 0.500. The van der Waals surface area contributed by atoms with Crippen LogP contribution in [0.2, 0.25) is 10.0 Å². The largest absolute Gasteiger partial charge is 0.369 e. The number of carbonyl (C=O) groups excluding carboxylic acids is 1.